The van der Waals surface area contributed by atoms with Crippen LogP contribution in [0.25, 0.3) is 0 Å². The number of methoxy groups -OCH3 is 1. The van der Waals surface area contributed by atoms with Crippen molar-refractivity contribution in [1.82, 2.24) is 0 Å². The average Bonchev–Trinajstić information content (AvgIpc) is 2.25. The van der Waals surface area contributed by atoms with Gasteiger partial charge in [0.1, 0.15) is 10.7 Å². The van der Waals surface area contributed by atoms with Crippen LogP contribution >= 0.6 is 12.2 Å². The van der Waals surface area contributed by atoms with E-state index in [9.17, 15) is 5.11 Å². The Balaban J connectivity index is 3.14. The molecule has 0 amide bonds. The molecule has 0 radical (unpaired) electrons. The van der Waals surface area contributed by atoms with Crippen LogP contribution in [0.4, 0.5) is 5.69 Å². The fourth-order valence-corrected chi connectivity index (χ4v) is 2.00. The van der Waals surface area contributed by atoms with Crippen LogP contribution in [0.2, 0.25) is 0 Å². The Morgan fingerprint density at radius 2 is 2.11 bits per heavy atom. The maximum atomic E-state index is 9.87. The first-order valence-corrected chi connectivity index (χ1v) is 6.07. The van der Waals surface area contributed by atoms with Crippen molar-refractivity contribution in [3.8, 4) is 5.75 Å². The van der Waals surface area contributed by atoms with Crippen molar-refractivity contribution < 1.29 is 9.84 Å². The molecule has 0 saturated heterocycles. The van der Waals surface area contributed by atoms with Gasteiger partial charge in [-0.15, -0.1) is 0 Å². The number of nitrogens with two attached hydrogens (primary N) is 1. The van der Waals surface area contributed by atoms with Gasteiger partial charge in [-0.3, -0.25) is 0 Å². The van der Waals surface area contributed by atoms with Gasteiger partial charge in [-0.2, -0.15) is 0 Å². The topological polar surface area (TPSA) is 58.7 Å². The van der Waals surface area contributed by atoms with Gasteiger partial charge in [0.05, 0.1) is 18.4 Å². The molecular weight excluding hydrogens is 248 g/mol. The monoisotopic (exact) mass is 268 g/mol. The summed E-state index contributed by atoms with van der Waals surface area (Å²) in [6, 6.07) is 5.51. The predicted octanol–water partition coefficient (Wildman–Crippen LogP) is 1.54. The molecule has 1 aromatic carbocycles. The van der Waals surface area contributed by atoms with Gasteiger partial charge in [-0.1, -0.05) is 12.2 Å². The lowest BCUT2D eigenvalue weighted by Crippen LogP contribution is -2.37. The Morgan fingerprint density at radius 3 is 2.56 bits per heavy atom. The molecule has 0 heterocycles. The molecule has 0 unspecified atom stereocenters. The van der Waals surface area contributed by atoms with Crippen LogP contribution in [0.3, 0.4) is 0 Å². The molecule has 0 aliphatic heterocycles. The van der Waals surface area contributed by atoms with E-state index in [1.807, 2.05) is 30.1 Å². The summed E-state index contributed by atoms with van der Waals surface area (Å²) < 4.78 is 5.20. The third kappa shape index (κ3) is 3.85. The van der Waals surface area contributed by atoms with E-state index in [1.165, 1.54) is 0 Å². The van der Waals surface area contributed by atoms with Crippen LogP contribution in [0.1, 0.15) is 19.4 Å². The molecule has 0 fully saturated rings. The minimum atomic E-state index is -0.800. The van der Waals surface area contributed by atoms with E-state index >= 15 is 0 Å². The van der Waals surface area contributed by atoms with Crippen LogP contribution in [0, 0.1) is 0 Å². The fourth-order valence-electron chi connectivity index (χ4n) is 1.83. The predicted molar refractivity (Wildman–Crippen MR) is 78.4 cm³/mol. The van der Waals surface area contributed by atoms with Crippen molar-refractivity contribution >= 4 is 22.9 Å². The van der Waals surface area contributed by atoms with Crippen LogP contribution in [-0.4, -0.2) is 36.4 Å². The summed E-state index contributed by atoms with van der Waals surface area (Å²) in [6.45, 7) is 3.98. The highest BCUT2D eigenvalue weighted by Gasteiger charge is 2.19. The van der Waals surface area contributed by atoms with Crippen molar-refractivity contribution in [3.05, 3.63) is 23.8 Å². The lowest BCUT2D eigenvalue weighted by Gasteiger charge is -2.29. The third-order valence-corrected chi connectivity index (χ3v) is 2.73. The SMILES string of the molecule is COc1ccc(C(N)=S)c(N(C)CC(C)(C)O)c1. The molecule has 0 aliphatic carbocycles. The van der Waals surface area contributed by atoms with Gasteiger partial charge in [0.25, 0.3) is 0 Å². The Morgan fingerprint density at radius 1 is 1.50 bits per heavy atom. The van der Waals surface area contributed by atoms with E-state index < -0.39 is 5.60 Å². The summed E-state index contributed by atoms with van der Waals surface area (Å²) in [5, 5.41) is 9.87. The van der Waals surface area contributed by atoms with Gasteiger partial charge in [0.15, 0.2) is 0 Å². The number of nitrogens with zero attached hydrogens (tertiary/aromatic N) is 1. The van der Waals surface area contributed by atoms with Crippen LogP contribution in [-0.2, 0) is 0 Å². The molecule has 0 bridgehead atoms. The summed E-state index contributed by atoms with van der Waals surface area (Å²) in [5.74, 6) is 0.729. The molecule has 0 saturated carbocycles. The molecule has 4 nitrogen and oxygen atoms in total. The first kappa shape index (κ1) is 14.7. The molecule has 1 rings (SSSR count). The summed E-state index contributed by atoms with van der Waals surface area (Å²) in [5.41, 5.74) is 6.54. The number of rotatable bonds is 5. The molecule has 0 atom stereocenters. The minimum Gasteiger partial charge on any atom is -0.497 e. The van der Waals surface area contributed by atoms with Gasteiger partial charge in [-0.25, -0.2) is 0 Å². The third-order valence-electron chi connectivity index (χ3n) is 2.51. The summed E-state index contributed by atoms with van der Waals surface area (Å²) in [7, 11) is 3.49. The molecule has 0 aromatic heterocycles. The lowest BCUT2D eigenvalue weighted by atomic mass is 10.1. The first-order valence-electron chi connectivity index (χ1n) is 5.66. The Labute approximate surface area is 113 Å². The number of hydrogen-bond acceptors (Lipinski definition) is 4. The van der Waals surface area contributed by atoms with E-state index in [0.29, 0.717) is 11.5 Å². The normalized spacial score (nSPS) is 11.2. The Kier molecular flexibility index (Phi) is 4.53. The molecule has 0 spiro atoms. The number of anilines is 1. The van der Waals surface area contributed by atoms with Crippen molar-refractivity contribution in [1.29, 1.82) is 0 Å². The second-order valence-electron chi connectivity index (χ2n) is 4.92. The van der Waals surface area contributed by atoms with Gasteiger partial charge in [0.2, 0.25) is 0 Å². The molecule has 100 valence electrons. The maximum Gasteiger partial charge on any atom is 0.120 e. The highest BCUT2D eigenvalue weighted by Crippen LogP contribution is 2.26. The molecule has 3 N–H and O–H groups in total. The zero-order valence-corrected chi connectivity index (χ0v) is 12.0. The number of thiocarbonyl (C=S) groups is 1. The zero-order valence-electron chi connectivity index (χ0n) is 11.2. The van der Waals surface area contributed by atoms with Gasteiger partial charge >= 0.3 is 0 Å². The minimum absolute atomic E-state index is 0.329. The molecule has 5 heteroatoms. The largest absolute Gasteiger partial charge is 0.497 e. The van der Waals surface area contributed by atoms with Crippen LogP contribution in [0.15, 0.2) is 18.2 Å². The quantitative estimate of drug-likeness (QED) is 0.793. The van der Waals surface area contributed by atoms with Crippen LogP contribution in [0.5, 0.6) is 5.75 Å². The van der Waals surface area contributed by atoms with Crippen molar-refractivity contribution in [2.75, 3.05) is 25.6 Å². The summed E-state index contributed by atoms with van der Waals surface area (Å²) in [6.07, 6.45) is 0. The maximum absolute atomic E-state index is 9.87. The van der Waals surface area contributed by atoms with Gasteiger partial charge in [0, 0.05) is 25.2 Å². The zero-order chi connectivity index (χ0) is 13.9. The van der Waals surface area contributed by atoms with E-state index in [1.54, 1.807) is 21.0 Å². The van der Waals surface area contributed by atoms with Crippen molar-refractivity contribution in [2.24, 2.45) is 5.73 Å². The average molecular weight is 268 g/mol. The van der Waals surface area contributed by atoms with E-state index in [-0.39, 0.29) is 0 Å². The number of hydrogen-bond donors (Lipinski definition) is 2. The highest BCUT2D eigenvalue weighted by atomic mass is 32.1. The van der Waals surface area contributed by atoms with E-state index in [0.717, 1.165) is 17.0 Å². The number of aliphatic hydroxyl groups is 1. The van der Waals surface area contributed by atoms with Crippen molar-refractivity contribution in [2.45, 2.75) is 19.4 Å². The summed E-state index contributed by atoms with van der Waals surface area (Å²) in [4.78, 5) is 2.24. The molecular formula is C13H20N2O2S. The van der Waals surface area contributed by atoms with Crippen molar-refractivity contribution in [3.63, 3.8) is 0 Å². The number of ether oxygens (including phenoxy) is 1. The second kappa shape index (κ2) is 5.54. The van der Waals surface area contributed by atoms with E-state index in [4.69, 9.17) is 22.7 Å². The second-order valence-corrected chi connectivity index (χ2v) is 5.36. The standard InChI is InChI=1S/C13H20N2O2S/c1-13(2,16)8-15(3)11-7-9(17-4)5-6-10(11)12(14)18/h5-7,16H,8H2,1-4H3,(H2,14,18). The van der Waals surface area contributed by atoms with Gasteiger partial charge < -0.3 is 20.5 Å². The lowest BCUT2D eigenvalue weighted by molar-refractivity contribution is 0.0886. The highest BCUT2D eigenvalue weighted by molar-refractivity contribution is 7.80. The fraction of sp³-hybridized carbons (Fsp3) is 0.462. The van der Waals surface area contributed by atoms with Gasteiger partial charge in [-0.05, 0) is 26.0 Å². The Hall–Kier alpha value is -1.33. The summed E-state index contributed by atoms with van der Waals surface area (Å²) >= 11 is 5.04. The van der Waals surface area contributed by atoms with Crippen LogP contribution < -0.4 is 15.4 Å². The molecule has 1 aromatic rings. The number of likely N-dealkylation sites (N-methyl/N-ethyl adjacent to an activating group) is 1. The molecule has 18 heavy (non-hydrogen) atoms. The smallest absolute Gasteiger partial charge is 0.120 e. The first-order chi connectivity index (χ1) is 8.24. The number of benzene rings is 1. The molecule has 0 aliphatic rings. The Bertz CT molecular complexity index is 441. The van der Waals surface area contributed by atoms with E-state index in [2.05, 4.69) is 0 Å².